The van der Waals surface area contributed by atoms with Gasteiger partial charge in [-0.25, -0.2) is 0 Å². The van der Waals surface area contributed by atoms with Gasteiger partial charge in [-0.1, -0.05) is 37.5 Å². The van der Waals surface area contributed by atoms with Gasteiger partial charge >= 0.3 is 0 Å². The quantitative estimate of drug-likeness (QED) is 0.780. The Morgan fingerprint density at radius 2 is 2.00 bits per heavy atom. The van der Waals surface area contributed by atoms with Gasteiger partial charge in [-0.3, -0.25) is 9.78 Å². The summed E-state index contributed by atoms with van der Waals surface area (Å²) in [5, 5.41) is 4.10. The van der Waals surface area contributed by atoms with Gasteiger partial charge < -0.3 is 10.1 Å². The van der Waals surface area contributed by atoms with Crippen molar-refractivity contribution >= 4 is 16.8 Å². The number of rotatable bonds is 7. The first-order valence-electron chi connectivity index (χ1n) is 9.06. The summed E-state index contributed by atoms with van der Waals surface area (Å²) in [4.78, 5) is 16.3. The lowest BCUT2D eigenvalue weighted by Gasteiger charge is -2.20. The van der Waals surface area contributed by atoms with E-state index in [1.165, 1.54) is 32.1 Å². The Morgan fingerprint density at radius 1 is 1.17 bits per heavy atom. The van der Waals surface area contributed by atoms with Crippen molar-refractivity contribution in [2.45, 2.75) is 44.9 Å². The van der Waals surface area contributed by atoms with E-state index in [-0.39, 0.29) is 5.91 Å². The molecule has 1 aliphatic rings. The number of amides is 1. The first kappa shape index (κ1) is 16.7. The minimum absolute atomic E-state index is 0.189. The summed E-state index contributed by atoms with van der Waals surface area (Å²) in [5.74, 6) is 1.59. The maximum Gasteiger partial charge on any atom is 0.220 e. The van der Waals surface area contributed by atoms with E-state index in [4.69, 9.17) is 4.74 Å². The molecule has 1 aromatic heterocycles. The minimum Gasteiger partial charge on any atom is -0.491 e. The monoisotopic (exact) mass is 326 g/mol. The van der Waals surface area contributed by atoms with Gasteiger partial charge in [-0.15, -0.1) is 0 Å². The normalized spacial score (nSPS) is 15.3. The van der Waals surface area contributed by atoms with Crippen LogP contribution in [0.25, 0.3) is 10.9 Å². The molecule has 4 heteroatoms. The predicted molar refractivity (Wildman–Crippen MR) is 96.1 cm³/mol. The fraction of sp³-hybridized carbons (Fsp3) is 0.500. The van der Waals surface area contributed by atoms with E-state index in [2.05, 4.69) is 10.3 Å². The number of nitrogens with zero attached hydrogens (tertiary/aromatic N) is 1. The molecule has 0 bridgehead atoms. The Labute approximate surface area is 143 Å². The Bertz CT molecular complexity index is 660. The van der Waals surface area contributed by atoms with Crippen molar-refractivity contribution in [1.29, 1.82) is 0 Å². The largest absolute Gasteiger partial charge is 0.491 e. The van der Waals surface area contributed by atoms with Crippen molar-refractivity contribution in [2.24, 2.45) is 5.92 Å². The van der Waals surface area contributed by atoms with Gasteiger partial charge in [-0.2, -0.15) is 0 Å². The number of ether oxygens (including phenoxy) is 1. The molecule has 1 heterocycles. The van der Waals surface area contributed by atoms with Crippen LogP contribution in [0.5, 0.6) is 5.75 Å². The second-order valence-electron chi connectivity index (χ2n) is 6.59. The Balaban J connectivity index is 1.37. The van der Waals surface area contributed by atoms with Crippen molar-refractivity contribution in [3.63, 3.8) is 0 Å². The number of benzene rings is 1. The summed E-state index contributed by atoms with van der Waals surface area (Å²) in [7, 11) is 0. The van der Waals surface area contributed by atoms with E-state index in [0.29, 0.717) is 25.5 Å². The molecule has 24 heavy (non-hydrogen) atoms. The molecule has 1 saturated carbocycles. The summed E-state index contributed by atoms with van der Waals surface area (Å²) in [5.41, 5.74) is 0.890. The third-order valence-corrected chi connectivity index (χ3v) is 4.70. The SMILES string of the molecule is O=C(CC1CCCCC1)NCCCOc1cccc2cccnc12. The van der Waals surface area contributed by atoms with Crippen LogP contribution in [0.15, 0.2) is 36.5 Å². The predicted octanol–water partition coefficient (Wildman–Crippen LogP) is 4.09. The van der Waals surface area contributed by atoms with Crippen LogP contribution in [-0.2, 0) is 4.79 Å². The van der Waals surface area contributed by atoms with Crippen molar-refractivity contribution in [2.75, 3.05) is 13.2 Å². The highest BCUT2D eigenvalue weighted by Gasteiger charge is 2.16. The Kier molecular flexibility index (Phi) is 6.05. The zero-order chi connectivity index (χ0) is 16.6. The van der Waals surface area contributed by atoms with Gasteiger partial charge in [0, 0.05) is 24.5 Å². The summed E-state index contributed by atoms with van der Waals surface area (Å²) < 4.78 is 5.84. The number of aromatic nitrogens is 1. The summed E-state index contributed by atoms with van der Waals surface area (Å²) >= 11 is 0. The Hall–Kier alpha value is -2.10. The first-order valence-corrected chi connectivity index (χ1v) is 9.06. The number of fused-ring (bicyclic) bond motifs is 1. The minimum atomic E-state index is 0.189. The zero-order valence-corrected chi connectivity index (χ0v) is 14.2. The van der Waals surface area contributed by atoms with Crippen LogP contribution >= 0.6 is 0 Å². The van der Waals surface area contributed by atoms with E-state index in [1.54, 1.807) is 6.20 Å². The number of hydrogen-bond acceptors (Lipinski definition) is 3. The second-order valence-corrected chi connectivity index (χ2v) is 6.59. The molecule has 4 nitrogen and oxygen atoms in total. The number of para-hydroxylation sites is 1. The molecule has 1 fully saturated rings. The van der Waals surface area contributed by atoms with Gasteiger partial charge in [0.1, 0.15) is 11.3 Å². The van der Waals surface area contributed by atoms with Gasteiger partial charge in [0.25, 0.3) is 0 Å². The van der Waals surface area contributed by atoms with E-state index < -0.39 is 0 Å². The van der Waals surface area contributed by atoms with Crippen LogP contribution < -0.4 is 10.1 Å². The molecule has 0 unspecified atom stereocenters. The van der Waals surface area contributed by atoms with Crippen LogP contribution in [0.1, 0.15) is 44.9 Å². The molecule has 0 radical (unpaired) electrons. The number of carbonyl (C=O) groups excluding carboxylic acids is 1. The first-order chi connectivity index (χ1) is 11.8. The fourth-order valence-electron chi connectivity index (χ4n) is 3.40. The maximum atomic E-state index is 12.0. The van der Waals surface area contributed by atoms with Crippen molar-refractivity contribution in [3.8, 4) is 5.75 Å². The van der Waals surface area contributed by atoms with Crippen LogP contribution in [0.4, 0.5) is 0 Å². The van der Waals surface area contributed by atoms with Crippen LogP contribution in [-0.4, -0.2) is 24.0 Å². The lowest BCUT2D eigenvalue weighted by molar-refractivity contribution is -0.122. The average Bonchev–Trinajstić information content (AvgIpc) is 2.62. The molecule has 0 saturated heterocycles. The second kappa shape index (κ2) is 8.67. The molecular formula is C20H26N2O2. The zero-order valence-electron chi connectivity index (χ0n) is 14.2. The number of hydrogen-bond donors (Lipinski definition) is 1. The molecule has 2 aromatic rings. The van der Waals surface area contributed by atoms with Crippen LogP contribution in [0, 0.1) is 5.92 Å². The van der Waals surface area contributed by atoms with E-state index in [1.807, 2.05) is 30.3 Å². The van der Waals surface area contributed by atoms with E-state index in [0.717, 1.165) is 23.1 Å². The molecule has 1 aromatic carbocycles. The van der Waals surface area contributed by atoms with Crippen molar-refractivity contribution < 1.29 is 9.53 Å². The third kappa shape index (κ3) is 4.70. The average molecular weight is 326 g/mol. The molecule has 0 atom stereocenters. The third-order valence-electron chi connectivity index (χ3n) is 4.70. The number of carbonyl (C=O) groups is 1. The summed E-state index contributed by atoms with van der Waals surface area (Å²) in [6.45, 7) is 1.25. The van der Waals surface area contributed by atoms with Gasteiger partial charge in [-0.05, 0) is 37.3 Å². The summed E-state index contributed by atoms with van der Waals surface area (Å²) in [6.07, 6.45) is 9.60. The molecule has 3 rings (SSSR count). The molecule has 1 amide bonds. The highest BCUT2D eigenvalue weighted by Crippen LogP contribution is 2.26. The van der Waals surface area contributed by atoms with E-state index in [9.17, 15) is 4.79 Å². The molecule has 1 aliphatic carbocycles. The van der Waals surface area contributed by atoms with E-state index >= 15 is 0 Å². The highest BCUT2D eigenvalue weighted by molar-refractivity contribution is 5.84. The van der Waals surface area contributed by atoms with Gasteiger partial charge in [0.2, 0.25) is 5.91 Å². The Morgan fingerprint density at radius 3 is 2.88 bits per heavy atom. The molecular weight excluding hydrogens is 300 g/mol. The van der Waals surface area contributed by atoms with Crippen LogP contribution in [0.2, 0.25) is 0 Å². The maximum absolute atomic E-state index is 12.0. The van der Waals surface area contributed by atoms with Gasteiger partial charge in [0.05, 0.1) is 6.61 Å². The number of nitrogens with one attached hydrogen (secondary N) is 1. The van der Waals surface area contributed by atoms with Crippen LogP contribution in [0.3, 0.4) is 0 Å². The highest BCUT2D eigenvalue weighted by atomic mass is 16.5. The molecule has 128 valence electrons. The fourth-order valence-corrected chi connectivity index (χ4v) is 3.40. The van der Waals surface area contributed by atoms with Gasteiger partial charge in [0.15, 0.2) is 0 Å². The smallest absolute Gasteiger partial charge is 0.220 e. The summed E-state index contributed by atoms with van der Waals surface area (Å²) in [6, 6.07) is 9.90. The number of pyridine rings is 1. The molecule has 0 spiro atoms. The molecule has 1 N–H and O–H groups in total. The lowest BCUT2D eigenvalue weighted by Crippen LogP contribution is -2.28. The van der Waals surface area contributed by atoms with Crippen molar-refractivity contribution in [3.05, 3.63) is 36.5 Å². The van der Waals surface area contributed by atoms with Crippen molar-refractivity contribution in [1.82, 2.24) is 10.3 Å². The molecule has 0 aliphatic heterocycles. The lowest BCUT2D eigenvalue weighted by atomic mass is 9.87. The topological polar surface area (TPSA) is 51.2 Å². The standard InChI is InChI=1S/C20H26N2O2/c23-19(15-16-7-2-1-3-8-16)21-13-6-14-24-18-11-4-9-17-10-5-12-22-20(17)18/h4-5,9-12,16H,1-3,6-8,13-15H2,(H,21,23).